The number of hydrogen-bond donors (Lipinski definition) is 1. The van der Waals surface area contributed by atoms with Crippen LogP contribution in [0.4, 0.5) is 13.2 Å². The van der Waals surface area contributed by atoms with E-state index in [1.165, 1.54) is 18.6 Å². The fourth-order valence-electron chi connectivity index (χ4n) is 3.68. The van der Waals surface area contributed by atoms with Crippen molar-refractivity contribution < 1.29 is 13.2 Å². The molecule has 0 amide bonds. The molecule has 3 rings (SSSR count). The van der Waals surface area contributed by atoms with Crippen LogP contribution >= 0.6 is 12.4 Å². The van der Waals surface area contributed by atoms with Gasteiger partial charge < -0.3 is 5.32 Å². The Morgan fingerprint density at radius 3 is 2.45 bits per heavy atom. The maximum atomic E-state index is 12.9. The van der Waals surface area contributed by atoms with E-state index in [-0.39, 0.29) is 17.9 Å². The fraction of sp³-hybridized carbons (Fsp3) is 0.529. The predicted octanol–water partition coefficient (Wildman–Crippen LogP) is 5.21. The summed E-state index contributed by atoms with van der Waals surface area (Å²) in [5.41, 5.74) is 1.12. The van der Waals surface area contributed by atoms with E-state index in [9.17, 15) is 13.2 Å². The third-order valence-corrected chi connectivity index (χ3v) is 4.68. The van der Waals surface area contributed by atoms with E-state index in [2.05, 4.69) is 11.4 Å². The van der Waals surface area contributed by atoms with Crippen LogP contribution in [-0.2, 0) is 6.18 Å². The number of hydrogen-bond acceptors (Lipinski definition) is 1. The molecule has 2 aliphatic rings. The first kappa shape index (κ1) is 17.4. The van der Waals surface area contributed by atoms with Crippen molar-refractivity contribution in [2.75, 3.05) is 6.54 Å². The zero-order chi connectivity index (χ0) is 14.9. The molecule has 1 aliphatic heterocycles. The predicted molar refractivity (Wildman–Crippen MR) is 85.1 cm³/mol. The maximum absolute atomic E-state index is 12.9. The minimum atomic E-state index is -4.28. The number of rotatable bonds is 1. The van der Waals surface area contributed by atoms with Crippen molar-refractivity contribution in [3.05, 3.63) is 41.5 Å². The Kier molecular flexibility index (Phi) is 5.23. The molecule has 1 spiro atoms. The van der Waals surface area contributed by atoms with Crippen molar-refractivity contribution in [3.63, 3.8) is 0 Å². The number of nitrogens with one attached hydrogen (secondary N) is 1. The standard InChI is InChI=1S/C17H20F3N.ClH/c18-17(19,20)14-7-4-6-13(12-14)15-8-5-11-21-16(15)9-2-1-3-10-16;/h4,6-8,12,21H,1-3,5,9-11H2;1H. The first-order valence-electron chi connectivity index (χ1n) is 7.65. The molecule has 0 saturated heterocycles. The molecule has 22 heavy (non-hydrogen) atoms. The van der Waals surface area contributed by atoms with Gasteiger partial charge in [-0.3, -0.25) is 0 Å². The molecular formula is C17H21ClF3N. The Hall–Kier alpha value is -1.00. The average Bonchev–Trinajstić information content (AvgIpc) is 2.48. The van der Waals surface area contributed by atoms with Crippen LogP contribution in [0.2, 0.25) is 0 Å². The molecule has 1 aromatic carbocycles. The van der Waals surface area contributed by atoms with E-state index in [0.717, 1.165) is 55.9 Å². The topological polar surface area (TPSA) is 12.0 Å². The van der Waals surface area contributed by atoms with Gasteiger partial charge in [0.25, 0.3) is 0 Å². The van der Waals surface area contributed by atoms with Crippen LogP contribution in [0, 0.1) is 0 Å². The Bertz CT molecular complexity index is 545. The third kappa shape index (κ3) is 3.33. The van der Waals surface area contributed by atoms with Gasteiger partial charge in [0.1, 0.15) is 0 Å². The van der Waals surface area contributed by atoms with E-state index in [1.54, 1.807) is 0 Å². The Balaban J connectivity index is 0.00000176. The highest BCUT2D eigenvalue weighted by atomic mass is 35.5. The molecule has 1 fully saturated rings. The molecule has 0 radical (unpaired) electrons. The van der Waals surface area contributed by atoms with Crippen LogP contribution in [0.5, 0.6) is 0 Å². The lowest BCUT2D eigenvalue weighted by Gasteiger charge is -2.43. The first-order valence-corrected chi connectivity index (χ1v) is 7.65. The van der Waals surface area contributed by atoms with Crippen LogP contribution in [0.25, 0.3) is 5.57 Å². The van der Waals surface area contributed by atoms with Crippen molar-refractivity contribution >= 4 is 18.0 Å². The van der Waals surface area contributed by atoms with E-state index in [4.69, 9.17) is 0 Å². The van der Waals surface area contributed by atoms with Gasteiger partial charge in [-0.2, -0.15) is 13.2 Å². The summed E-state index contributed by atoms with van der Waals surface area (Å²) in [6, 6.07) is 5.78. The lowest BCUT2D eigenvalue weighted by atomic mass is 9.72. The highest BCUT2D eigenvalue weighted by Gasteiger charge is 2.38. The van der Waals surface area contributed by atoms with Gasteiger partial charge >= 0.3 is 6.18 Å². The molecule has 0 aromatic heterocycles. The average molecular weight is 332 g/mol. The largest absolute Gasteiger partial charge is 0.416 e. The molecule has 1 N–H and O–H groups in total. The molecule has 0 atom stereocenters. The van der Waals surface area contributed by atoms with Crippen LogP contribution in [0.3, 0.4) is 0 Å². The summed E-state index contributed by atoms with van der Waals surface area (Å²) in [6.07, 6.45) is 4.29. The SMILES string of the molecule is Cl.FC(F)(F)c1cccc(C2=CCCNC23CCCCC3)c1. The minimum absolute atomic E-state index is 0. The Labute approximate surface area is 135 Å². The first-order chi connectivity index (χ1) is 10.0. The van der Waals surface area contributed by atoms with Crippen molar-refractivity contribution in [2.24, 2.45) is 0 Å². The second-order valence-corrected chi connectivity index (χ2v) is 6.05. The van der Waals surface area contributed by atoms with Gasteiger partial charge in [0.2, 0.25) is 0 Å². The molecule has 1 nitrogen and oxygen atoms in total. The van der Waals surface area contributed by atoms with Crippen molar-refractivity contribution in [3.8, 4) is 0 Å². The molecule has 5 heteroatoms. The van der Waals surface area contributed by atoms with E-state index < -0.39 is 11.7 Å². The highest BCUT2D eigenvalue weighted by Crippen LogP contribution is 2.42. The highest BCUT2D eigenvalue weighted by molar-refractivity contribution is 5.85. The summed E-state index contributed by atoms with van der Waals surface area (Å²) in [7, 11) is 0. The van der Waals surface area contributed by atoms with Gasteiger partial charge in [-0.15, -0.1) is 12.4 Å². The van der Waals surface area contributed by atoms with Gasteiger partial charge in [-0.25, -0.2) is 0 Å². The molecular weight excluding hydrogens is 311 g/mol. The summed E-state index contributed by atoms with van der Waals surface area (Å²) in [5.74, 6) is 0. The minimum Gasteiger partial charge on any atom is -0.307 e. The van der Waals surface area contributed by atoms with Gasteiger partial charge in [0.05, 0.1) is 5.56 Å². The van der Waals surface area contributed by atoms with Gasteiger partial charge in [0.15, 0.2) is 0 Å². The van der Waals surface area contributed by atoms with E-state index in [1.807, 2.05) is 6.07 Å². The third-order valence-electron chi connectivity index (χ3n) is 4.68. The molecule has 1 saturated carbocycles. The molecule has 1 heterocycles. The summed E-state index contributed by atoms with van der Waals surface area (Å²) in [6.45, 7) is 0.919. The quantitative estimate of drug-likeness (QED) is 0.745. The Morgan fingerprint density at radius 2 is 1.77 bits per heavy atom. The summed E-state index contributed by atoms with van der Waals surface area (Å²) in [5, 5.41) is 3.59. The van der Waals surface area contributed by atoms with Gasteiger partial charge in [-0.1, -0.05) is 37.5 Å². The second kappa shape index (κ2) is 6.63. The normalized spacial score (nSPS) is 21.1. The molecule has 1 aromatic rings. The van der Waals surface area contributed by atoms with Crippen LogP contribution < -0.4 is 5.32 Å². The number of alkyl halides is 3. The zero-order valence-electron chi connectivity index (χ0n) is 12.4. The van der Waals surface area contributed by atoms with Crippen molar-refractivity contribution in [1.82, 2.24) is 5.32 Å². The maximum Gasteiger partial charge on any atom is 0.416 e. The van der Waals surface area contributed by atoms with Gasteiger partial charge in [0, 0.05) is 5.54 Å². The number of halogens is 4. The van der Waals surface area contributed by atoms with Crippen molar-refractivity contribution in [2.45, 2.75) is 50.2 Å². The molecule has 1 aliphatic carbocycles. The summed E-state index contributed by atoms with van der Waals surface area (Å²) < 4.78 is 38.8. The lowest BCUT2D eigenvalue weighted by molar-refractivity contribution is -0.137. The molecule has 0 unspecified atom stereocenters. The monoisotopic (exact) mass is 331 g/mol. The van der Waals surface area contributed by atoms with Crippen LogP contribution in [0.15, 0.2) is 30.3 Å². The van der Waals surface area contributed by atoms with Crippen molar-refractivity contribution in [1.29, 1.82) is 0 Å². The Morgan fingerprint density at radius 1 is 1.05 bits per heavy atom. The molecule has 122 valence electrons. The van der Waals surface area contributed by atoms with Gasteiger partial charge in [-0.05, 0) is 49.1 Å². The zero-order valence-corrected chi connectivity index (χ0v) is 13.2. The second-order valence-electron chi connectivity index (χ2n) is 6.05. The van der Waals surface area contributed by atoms with E-state index >= 15 is 0 Å². The lowest BCUT2D eigenvalue weighted by Crippen LogP contribution is -2.50. The smallest absolute Gasteiger partial charge is 0.307 e. The summed E-state index contributed by atoms with van der Waals surface area (Å²) in [4.78, 5) is 0. The van der Waals surface area contributed by atoms with Crippen LogP contribution in [-0.4, -0.2) is 12.1 Å². The molecule has 0 bridgehead atoms. The van der Waals surface area contributed by atoms with E-state index in [0.29, 0.717) is 0 Å². The fourth-order valence-corrected chi connectivity index (χ4v) is 3.68. The van der Waals surface area contributed by atoms with Crippen LogP contribution in [0.1, 0.15) is 49.7 Å². The summed E-state index contributed by atoms with van der Waals surface area (Å²) >= 11 is 0. The number of benzene rings is 1.